The van der Waals surface area contributed by atoms with Gasteiger partial charge in [-0.1, -0.05) is 0 Å². The van der Waals surface area contributed by atoms with E-state index < -0.39 is 254 Å². The maximum absolute atomic E-state index is 13.7. The van der Waals surface area contributed by atoms with Crippen LogP contribution in [0.3, 0.4) is 0 Å². The number of nitrogens with one attached hydrogen (secondary N) is 2. The average molecular weight is 1160 g/mol. The Bertz CT molecular complexity index is 1970. The normalized spacial score (nSPS) is 47.6. The van der Waals surface area contributed by atoms with Crippen molar-refractivity contribution in [3.8, 4) is 0 Å². The van der Waals surface area contributed by atoms with Crippen LogP contribution in [0.5, 0.6) is 0 Å². The van der Waals surface area contributed by atoms with Crippen LogP contribution in [0.1, 0.15) is 20.3 Å². The second-order valence-electron chi connectivity index (χ2n) is 19.7. The predicted octanol–water partition coefficient (Wildman–Crippen LogP) is -15.2. The van der Waals surface area contributed by atoms with Gasteiger partial charge in [-0.15, -0.1) is 0 Å². The zero-order valence-corrected chi connectivity index (χ0v) is 41.9. The van der Waals surface area contributed by atoms with Crippen LogP contribution in [0.2, 0.25) is 0 Å². The fourth-order valence-electron chi connectivity index (χ4n) is 9.90. The van der Waals surface area contributed by atoms with E-state index in [9.17, 15) is 117 Å². The molecule has 6 rings (SSSR count). The standard InChI is InChI=1S/C43H72N2O34/c1-10(52)44-19-12(54)3-43(68,79-33(19)21(56)13(55)4-46)42(67)78-36-24(59)16(7-49)71-40(30(36)65)74-31-18(9-51)73-38(20(25(31)60)45-11(2)53)76-34-22(57)14(5-47)72-41(28(34)63)77-35-23(58)15(6-48)70-39(29(35)64)75-32-17(8-50)69-37(66)27(62)26(32)61/h12-41,46-51,54-66,68H,3-9H2,1-2H3,(H,44,52)(H,45,53)/t12-,13+,14+,15+,16+,17+,18+,19+,20+,21+,22-,23-,24-,25+,26+,27+,28+,29+,30+,31+,32+,33+,34-,35-,36-,37+,38-,39-,40-,41+,43+/m0/s1. The van der Waals surface area contributed by atoms with E-state index in [1.54, 1.807) is 0 Å². The van der Waals surface area contributed by atoms with Crippen molar-refractivity contribution in [2.45, 2.75) is 210 Å². The number of carbonyl (C=O) groups is 3. The highest BCUT2D eigenvalue weighted by molar-refractivity contribution is 5.78. The van der Waals surface area contributed by atoms with Crippen LogP contribution in [-0.2, 0) is 66.5 Å². The monoisotopic (exact) mass is 1160 g/mol. The topological polar surface area (TPSA) is 581 Å². The summed E-state index contributed by atoms with van der Waals surface area (Å²) in [6.45, 7) is -4.42. The number of aliphatic hydroxyl groups is 20. The minimum atomic E-state index is -3.31. The predicted molar refractivity (Wildman–Crippen MR) is 239 cm³/mol. The van der Waals surface area contributed by atoms with Crippen molar-refractivity contribution in [3.63, 3.8) is 0 Å². The summed E-state index contributed by atoms with van der Waals surface area (Å²) < 4.78 is 61.2. The first-order valence-corrected chi connectivity index (χ1v) is 24.8. The molecule has 79 heavy (non-hydrogen) atoms. The molecular weight excluding hydrogens is 1090 g/mol. The van der Waals surface area contributed by atoms with Crippen LogP contribution in [0.15, 0.2) is 0 Å². The van der Waals surface area contributed by atoms with Crippen LogP contribution in [0, 0.1) is 0 Å². The van der Waals surface area contributed by atoms with Crippen molar-refractivity contribution in [2.24, 2.45) is 0 Å². The van der Waals surface area contributed by atoms with Crippen LogP contribution in [0.4, 0.5) is 0 Å². The third-order valence-corrected chi connectivity index (χ3v) is 14.1. The third-order valence-electron chi connectivity index (χ3n) is 14.1. The van der Waals surface area contributed by atoms with Gasteiger partial charge in [0.15, 0.2) is 37.6 Å². The summed E-state index contributed by atoms with van der Waals surface area (Å²) in [7, 11) is 0. The molecule has 6 heterocycles. The summed E-state index contributed by atoms with van der Waals surface area (Å²) in [6, 6.07) is -3.51. The molecule has 6 aliphatic rings. The fraction of sp³-hybridized carbons (Fsp3) is 0.930. The van der Waals surface area contributed by atoms with Crippen molar-refractivity contribution >= 4 is 17.8 Å². The van der Waals surface area contributed by atoms with Crippen molar-refractivity contribution in [1.29, 1.82) is 0 Å². The highest BCUT2D eigenvalue weighted by Gasteiger charge is 2.60. The number of hydrogen-bond donors (Lipinski definition) is 22. The number of amides is 2. The Kier molecular flexibility index (Phi) is 22.9. The smallest absolute Gasteiger partial charge is 0.367 e. The fourth-order valence-corrected chi connectivity index (χ4v) is 9.90. The van der Waals surface area contributed by atoms with E-state index in [1.807, 2.05) is 0 Å². The van der Waals surface area contributed by atoms with Gasteiger partial charge in [-0.2, -0.15) is 0 Å². The van der Waals surface area contributed by atoms with E-state index in [0.717, 1.165) is 13.8 Å². The van der Waals surface area contributed by atoms with Gasteiger partial charge in [0.25, 0.3) is 5.79 Å². The zero-order chi connectivity index (χ0) is 58.7. The van der Waals surface area contributed by atoms with Gasteiger partial charge in [-0.05, 0) is 0 Å². The Balaban J connectivity index is 1.20. The molecule has 36 heteroatoms. The van der Waals surface area contributed by atoms with Gasteiger partial charge < -0.3 is 165 Å². The van der Waals surface area contributed by atoms with Crippen molar-refractivity contribution in [3.05, 3.63) is 0 Å². The lowest BCUT2D eigenvalue weighted by molar-refractivity contribution is -0.389. The van der Waals surface area contributed by atoms with Crippen molar-refractivity contribution < 1.29 is 169 Å². The highest BCUT2D eigenvalue weighted by Crippen LogP contribution is 2.38. The SMILES string of the molecule is CC(=O)N[C@H]1[C@H](O[C@H]2[C@@H](O)[C@@H](CO)O[C@H](O[C@H]3[C@@H](O)[C@@H](CO)O[C@@H](O[C@H]4[C@H](O)[C@@H](O)[C@H](O)O[C@@H]4CO)[C@@H]3O)[C@@H]2O)O[C@H](CO)[C@@H](O[C@@H]2O[C@H](CO)[C@H](O)[C@H](OC(=O)[C@@]3(O)C[C@H](O)[C@@H](NC(C)=O)[C@H]([C@H](O)[C@H](O)CO)O3)[C@H]2O)[C@@H]1O. The third kappa shape index (κ3) is 14.1. The maximum Gasteiger partial charge on any atom is 0.367 e. The molecule has 31 atom stereocenters. The molecule has 0 aromatic heterocycles. The molecule has 2 amide bonds. The molecule has 0 bridgehead atoms. The molecule has 36 nitrogen and oxygen atoms in total. The Morgan fingerprint density at radius 3 is 1.34 bits per heavy atom. The lowest BCUT2D eigenvalue weighted by atomic mass is 9.88. The van der Waals surface area contributed by atoms with Crippen molar-refractivity contribution in [1.82, 2.24) is 10.6 Å². The van der Waals surface area contributed by atoms with E-state index in [2.05, 4.69) is 10.6 Å². The minimum absolute atomic E-state index is 0.805. The minimum Gasteiger partial charge on any atom is -0.453 e. The Hall–Kier alpha value is -2.79. The van der Waals surface area contributed by atoms with Crippen LogP contribution >= 0.6 is 0 Å². The molecule has 0 aliphatic carbocycles. The molecule has 0 aromatic rings. The van der Waals surface area contributed by atoms with E-state index in [0.29, 0.717) is 0 Å². The molecule has 0 radical (unpaired) electrons. The summed E-state index contributed by atoms with van der Waals surface area (Å²) >= 11 is 0. The van der Waals surface area contributed by atoms with Gasteiger partial charge in [0.1, 0.15) is 134 Å². The molecule has 6 saturated heterocycles. The first-order chi connectivity index (χ1) is 37.2. The molecular formula is C43H72N2O34. The van der Waals surface area contributed by atoms with E-state index >= 15 is 0 Å². The Morgan fingerprint density at radius 2 is 0.886 bits per heavy atom. The lowest BCUT2D eigenvalue weighted by Crippen LogP contribution is -2.70. The average Bonchev–Trinajstić information content (AvgIpc) is 3.52. The maximum atomic E-state index is 13.7. The number of carbonyl (C=O) groups excluding carboxylic acids is 3. The van der Waals surface area contributed by atoms with Crippen molar-refractivity contribution in [2.75, 3.05) is 39.6 Å². The van der Waals surface area contributed by atoms with Crippen LogP contribution < -0.4 is 10.6 Å². The summed E-state index contributed by atoms with van der Waals surface area (Å²) in [5, 5.41) is 219. The molecule has 0 spiro atoms. The second kappa shape index (κ2) is 27.7. The first-order valence-electron chi connectivity index (χ1n) is 24.8. The first kappa shape index (κ1) is 65.4. The number of rotatable bonds is 20. The molecule has 22 N–H and O–H groups in total. The van der Waals surface area contributed by atoms with Gasteiger partial charge in [-0.3, -0.25) is 9.59 Å². The molecule has 458 valence electrons. The van der Waals surface area contributed by atoms with E-state index in [-0.39, 0.29) is 0 Å². The lowest BCUT2D eigenvalue weighted by Gasteiger charge is -2.50. The molecule has 0 saturated carbocycles. The van der Waals surface area contributed by atoms with Gasteiger partial charge in [0, 0.05) is 20.3 Å². The highest BCUT2D eigenvalue weighted by atomic mass is 16.8. The summed E-state index contributed by atoms with van der Waals surface area (Å²) in [5.74, 6) is -6.93. The summed E-state index contributed by atoms with van der Waals surface area (Å²) in [4.78, 5) is 38.2. The zero-order valence-electron chi connectivity index (χ0n) is 41.9. The number of esters is 1. The quantitative estimate of drug-likeness (QED) is 0.0503. The summed E-state index contributed by atoms with van der Waals surface area (Å²) in [5.41, 5.74) is 0. The van der Waals surface area contributed by atoms with Crippen LogP contribution in [0.25, 0.3) is 0 Å². The van der Waals surface area contributed by atoms with E-state index in [1.165, 1.54) is 0 Å². The molecule has 0 unspecified atom stereocenters. The van der Waals surface area contributed by atoms with Gasteiger partial charge in [0.2, 0.25) is 11.8 Å². The number of aliphatic hydroxyl groups excluding tert-OH is 19. The number of ether oxygens (including phenoxy) is 11. The molecule has 6 fully saturated rings. The molecule has 0 aromatic carbocycles. The number of hydrogen-bond acceptors (Lipinski definition) is 34. The Labute approximate surface area is 446 Å². The Morgan fingerprint density at radius 1 is 0.494 bits per heavy atom. The second-order valence-corrected chi connectivity index (χ2v) is 19.7. The van der Waals surface area contributed by atoms with Gasteiger partial charge in [0.05, 0.1) is 51.8 Å². The summed E-state index contributed by atoms with van der Waals surface area (Å²) in [6.07, 6.45) is -58.0. The van der Waals surface area contributed by atoms with Gasteiger partial charge >= 0.3 is 5.97 Å². The largest absolute Gasteiger partial charge is 0.453 e. The van der Waals surface area contributed by atoms with Gasteiger partial charge in [-0.25, -0.2) is 4.79 Å². The van der Waals surface area contributed by atoms with Crippen LogP contribution in [-0.4, -0.2) is 349 Å². The molecule has 6 aliphatic heterocycles. The van der Waals surface area contributed by atoms with E-state index in [4.69, 9.17) is 52.1 Å².